The van der Waals surface area contributed by atoms with E-state index in [1.807, 2.05) is 6.92 Å². The van der Waals surface area contributed by atoms with E-state index in [0.29, 0.717) is 6.54 Å². The number of nitrogens with zero attached hydrogens (tertiary/aromatic N) is 2. The lowest BCUT2D eigenvalue weighted by Gasteiger charge is -2.37. The second-order valence-electron chi connectivity index (χ2n) is 6.16. The third-order valence-electron chi connectivity index (χ3n) is 4.21. The quantitative estimate of drug-likeness (QED) is 0.671. The number of morpholine rings is 1. The van der Waals surface area contributed by atoms with Gasteiger partial charge in [-0.05, 0) is 36.8 Å². The van der Waals surface area contributed by atoms with Crippen LogP contribution < -0.4 is 0 Å². The number of halogens is 1. The van der Waals surface area contributed by atoms with Gasteiger partial charge in [-0.15, -0.1) is 0 Å². The zero-order valence-electron chi connectivity index (χ0n) is 14.0. The van der Waals surface area contributed by atoms with Crippen molar-refractivity contribution >= 4 is 11.6 Å². The first-order valence-electron chi connectivity index (χ1n) is 8.02. The maximum atomic E-state index is 13.1. The molecule has 0 aliphatic carbocycles. The number of phenolic OH excluding ortho intramolecular Hbond substituents is 1. The van der Waals surface area contributed by atoms with Gasteiger partial charge in [0, 0.05) is 18.2 Å². The van der Waals surface area contributed by atoms with Crippen LogP contribution in [0, 0.1) is 15.9 Å². The van der Waals surface area contributed by atoms with E-state index in [4.69, 9.17) is 4.74 Å². The number of nitro benzene ring substituents is 1. The summed E-state index contributed by atoms with van der Waals surface area (Å²) in [6.07, 6.45) is -0.649. The molecule has 7 nitrogen and oxygen atoms in total. The summed E-state index contributed by atoms with van der Waals surface area (Å²) in [5, 5.41) is 20.5. The van der Waals surface area contributed by atoms with Crippen LogP contribution in [0.3, 0.4) is 0 Å². The molecule has 0 unspecified atom stereocenters. The molecule has 1 amide bonds. The van der Waals surface area contributed by atoms with E-state index in [1.165, 1.54) is 18.2 Å². The summed E-state index contributed by atoms with van der Waals surface area (Å²) in [5.74, 6) is -1.28. The normalized spacial score (nSPS) is 20.0. The van der Waals surface area contributed by atoms with Crippen molar-refractivity contribution < 1.29 is 24.0 Å². The highest BCUT2D eigenvalue weighted by Crippen LogP contribution is 2.29. The van der Waals surface area contributed by atoms with Crippen LogP contribution in [0.1, 0.15) is 28.9 Å². The van der Waals surface area contributed by atoms with Gasteiger partial charge >= 0.3 is 5.69 Å². The second kappa shape index (κ2) is 7.09. The van der Waals surface area contributed by atoms with Gasteiger partial charge in [-0.2, -0.15) is 0 Å². The minimum absolute atomic E-state index is 0.153. The highest BCUT2D eigenvalue weighted by molar-refractivity contribution is 5.95. The number of carbonyl (C=O) groups is 1. The Morgan fingerprint density at radius 3 is 2.58 bits per heavy atom. The number of benzene rings is 2. The summed E-state index contributed by atoms with van der Waals surface area (Å²) in [6.45, 7) is 2.42. The monoisotopic (exact) mass is 360 g/mol. The lowest BCUT2D eigenvalue weighted by atomic mass is 10.1. The van der Waals surface area contributed by atoms with Crippen LogP contribution in [-0.2, 0) is 4.74 Å². The minimum atomic E-state index is -0.717. The van der Waals surface area contributed by atoms with Crippen molar-refractivity contribution in [2.75, 3.05) is 13.1 Å². The van der Waals surface area contributed by atoms with Gasteiger partial charge < -0.3 is 14.7 Å². The van der Waals surface area contributed by atoms with Crippen molar-refractivity contribution in [2.45, 2.75) is 19.1 Å². The highest BCUT2D eigenvalue weighted by atomic mass is 19.1. The second-order valence-corrected chi connectivity index (χ2v) is 6.16. The first-order valence-corrected chi connectivity index (χ1v) is 8.02. The topological polar surface area (TPSA) is 92.9 Å². The zero-order chi connectivity index (χ0) is 18.8. The van der Waals surface area contributed by atoms with Crippen LogP contribution >= 0.6 is 0 Å². The number of aromatic hydroxyl groups is 1. The molecule has 2 aromatic rings. The van der Waals surface area contributed by atoms with Crippen LogP contribution in [0.4, 0.5) is 10.1 Å². The van der Waals surface area contributed by atoms with Gasteiger partial charge in [0.2, 0.25) is 0 Å². The van der Waals surface area contributed by atoms with Crippen molar-refractivity contribution in [3.8, 4) is 5.75 Å². The Kier molecular flexibility index (Phi) is 4.85. The van der Waals surface area contributed by atoms with E-state index in [1.54, 1.807) is 17.0 Å². The predicted octanol–water partition coefficient (Wildman–Crippen LogP) is 3.04. The number of carbonyl (C=O) groups excluding carboxylic acids is 1. The summed E-state index contributed by atoms with van der Waals surface area (Å²) in [4.78, 5) is 24.4. The number of phenols is 1. The van der Waals surface area contributed by atoms with Gasteiger partial charge in [0.15, 0.2) is 5.75 Å². The highest BCUT2D eigenvalue weighted by Gasteiger charge is 2.30. The van der Waals surface area contributed by atoms with Crippen molar-refractivity contribution in [3.63, 3.8) is 0 Å². The maximum absolute atomic E-state index is 13.1. The Morgan fingerprint density at radius 1 is 1.27 bits per heavy atom. The Balaban J connectivity index is 1.81. The van der Waals surface area contributed by atoms with Gasteiger partial charge in [-0.1, -0.05) is 12.1 Å². The van der Waals surface area contributed by atoms with Crippen LogP contribution in [-0.4, -0.2) is 40.0 Å². The van der Waals surface area contributed by atoms with Gasteiger partial charge in [-0.3, -0.25) is 14.9 Å². The number of hydrogen-bond donors (Lipinski definition) is 1. The Bertz CT molecular complexity index is 840. The predicted molar refractivity (Wildman–Crippen MR) is 90.4 cm³/mol. The van der Waals surface area contributed by atoms with Crippen molar-refractivity contribution in [2.24, 2.45) is 0 Å². The molecule has 1 heterocycles. The molecule has 8 heteroatoms. The molecular formula is C18H17FN2O5. The van der Waals surface area contributed by atoms with E-state index in [2.05, 4.69) is 0 Å². The number of rotatable bonds is 3. The van der Waals surface area contributed by atoms with Gasteiger partial charge in [0.05, 0.1) is 17.6 Å². The maximum Gasteiger partial charge on any atom is 0.310 e. The molecule has 2 aromatic carbocycles. The molecule has 1 aliphatic heterocycles. The number of nitro groups is 1. The molecule has 1 aliphatic rings. The largest absolute Gasteiger partial charge is 0.502 e. The molecule has 26 heavy (non-hydrogen) atoms. The number of ether oxygens (including phenoxy) is 1. The smallest absolute Gasteiger partial charge is 0.310 e. The van der Waals surface area contributed by atoms with Crippen LogP contribution in [0.5, 0.6) is 5.75 Å². The van der Waals surface area contributed by atoms with Crippen LogP contribution in [0.15, 0.2) is 42.5 Å². The lowest BCUT2D eigenvalue weighted by Crippen LogP contribution is -2.45. The summed E-state index contributed by atoms with van der Waals surface area (Å²) in [7, 11) is 0. The molecule has 1 fully saturated rings. The summed E-state index contributed by atoms with van der Waals surface area (Å²) in [6, 6.07) is 9.39. The van der Waals surface area contributed by atoms with Crippen molar-refractivity contribution in [3.05, 3.63) is 69.5 Å². The summed E-state index contributed by atoms with van der Waals surface area (Å²) in [5.41, 5.74) is 0.448. The Labute approximate surface area is 148 Å². The molecule has 0 aromatic heterocycles. The van der Waals surface area contributed by atoms with Crippen molar-refractivity contribution in [1.82, 2.24) is 4.90 Å². The fourth-order valence-corrected chi connectivity index (χ4v) is 2.97. The third kappa shape index (κ3) is 3.65. The molecule has 2 atom stereocenters. The molecule has 3 rings (SSSR count). The molecule has 0 bridgehead atoms. The average Bonchev–Trinajstić information content (AvgIpc) is 2.60. The Hall–Kier alpha value is -3.00. The van der Waals surface area contributed by atoms with Crippen LogP contribution in [0.2, 0.25) is 0 Å². The van der Waals surface area contributed by atoms with Gasteiger partial charge in [0.25, 0.3) is 5.91 Å². The fraction of sp³-hybridized carbons (Fsp3) is 0.278. The van der Waals surface area contributed by atoms with E-state index < -0.39 is 22.5 Å². The van der Waals surface area contributed by atoms with Crippen molar-refractivity contribution in [1.29, 1.82) is 0 Å². The molecule has 0 saturated carbocycles. The SMILES string of the molecule is C[C@H]1CN(C(=O)c2ccc([N+](=O)[O-])c(O)c2)C[C@@H](c2ccc(F)cc2)O1. The van der Waals surface area contributed by atoms with E-state index in [-0.39, 0.29) is 29.9 Å². The fourth-order valence-electron chi connectivity index (χ4n) is 2.97. The van der Waals surface area contributed by atoms with E-state index in [0.717, 1.165) is 17.7 Å². The first-order chi connectivity index (χ1) is 12.3. The summed E-state index contributed by atoms with van der Waals surface area (Å²) >= 11 is 0. The average molecular weight is 360 g/mol. The first kappa shape index (κ1) is 17.8. The molecular weight excluding hydrogens is 343 g/mol. The summed E-state index contributed by atoms with van der Waals surface area (Å²) < 4.78 is 19.0. The van der Waals surface area contributed by atoms with Gasteiger partial charge in [-0.25, -0.2) is 4.39 Å². The molecule has 136 valence electrons. The lowest BCUT2D eigenvalue weighted by molar-refractivity contribution is -0.385. The standard InChI is InChI=1S/C18H17FN2O5/c1-11-9-20(10-17(26-11)12-2-5-14(19)6-3-12)18(23)13-4-7-15(21(24)25)16(22)8-13/h2-8,11,17,22H,9-10H2,1H3/t11-,17-/m0/s1. The molecule has 1 saturated heterocycles. The molecule has 0 spiro atoms. The van der Waals surface area contributed by atoms with E-state index >= 15 is 0 Å². The Morgan fingerprint density at radius 2 is 1.96 bits per heavy atom. The number of hydrogen-bond acceptors (Lipinski definition) is 5. The zero-order valence-corrected chi connectivity index (χ0v) is 14.0. The third-order valence-corrected chi connectivity index (χ3v) is 4.21. The van der Waals surface area contributed by atoms with Crippen LogP contribution in [0.25, 0.3) is 0 Å². The molecule has 1 N–H and O–H groups in total. The van der Waals surface area contributed by atoms with E-state index in [9.17, 15) is 24.4 Å². The number of amides is 1. The molecule has 0 radical (unpaired) electrons. The van der Waals surface area contributed by atoms with Gasteiger partial charge in [0.1, 0.15) is 11.9 Å². The minimum Gasteiger partial charge on any atom is -0.502 e.